The Bertz CT molecular complexity index is 578. The Hall–Kier alpha value is -1.50. The van der Waals surface area contributed by atoms with Crippen LogP contribution in [0.3, 0.4) is 0 Å². The molecule has 1 aliphatic heterocycles. The van der Waals surface area contributed by atoms with Crippen LogP contribution >= 0.6 is 11.6 Å². The standard InChI is InChI=1S/C20H32ClN3O3/c1-3-26-14-15-27-19-17(21)6-4-7-18(19)23-20(25)22-10-5-11-24-12-8-16(2)9-13-24/h4,6-7,16H,3,5,8-15H2,1-2H3,(H2,22,23,25). The van der Waals surface area contributed by atoms with Crippen molar-refractivity contribution < 1.29 is 14.3 Å². The molecule has 0 aromatic heterocycles. The van der Waals surface area contributed by atoms with Crippen molar-refractivity contribution in [1.29, 1.82) is 0 Å². The molecule has 0 radical (unpaired) electrons. The zero-order valence-corrected chi connectivity index (χ0v) is 17.2. The molecule has 0 bridgehead atoms. The van der Waals surface area contributed by atoms with Gasteiger partial charge in [0.1, 0.15) is 6.61 Å². The third kappa shape index (κ3) is 7.95. The van der Waals surface area contributed by atoms with Gasteiger partial charge in [0.15, 0.2) is 5.75 Å². The maximum absolute atomic E-state index is 12.2. The van der Waals surface area contributed by atoms with E-state index in [0.717, 1.165) is 18.9 Å². The first-order chi connectivity index (χ1) is 13.1. The lowest BCUT2D eigenvalue weighted by atomic mass is 9.99. The molecule has 1 saturated heterocycles. The Kier molecular flexibility index (Phi) is 9.73. The normalized spacial score (nSPS) is 15.5. The Morgan fingerprint density at radius 3 is 2.81 bits per heavy atom. The van der Waals surface area contributed by atoms with E-state index in [1.165, 1.54) is 25.9 Å². The Morgan fingerprint density at radius 2 is 2.07 bits per heavy atom. The molecule has 1 aromatic carbocycles. The second kappa shape index (κ2) is 12.1. The number of amides is 2. The highest BCUT2D eigenvalue weighted by molar-refractivity contribution is 6.32. The molecule has 7 heteroatoms. The minimum atomic E-state index is -0.251. The summed E-state index contributed by atoms with van der Waals surface area (Å²) in [5.41, 5.74) is 0.557. The first kappa shape index (κ1) is 21.8. The van der Waals surface area contributed by atoms with Crippen LogP contribution in [0.4, 0.5) is 10.5 Å². The average Bonchev–Trinajstić information content (AvgIpc) is 2.65. The minimum absolute atomic E-state index is 0.251. The van der Waals surface area contributed by atoms with Gasteiger partial charge < -0.3 is 25.0 Å². The SMILES string of the molecule is CCOCCOc1c(Cl)cccc1NC(=O)NCCCN1CCC(C)CC1. The molecule has 0 saturated carbocycles. The first-order valence-corrected chi connectivity index (χ1v) is 10.2. The number of benzene rings is 1. The van der Waals surface area contributed by atoms with Crippen molar-refractivity contribution in [3.05, 3.63) is 23.2 Å². The molecule has 0 atom stereocenters. The molecular weight excluding hydrogens is 366 g/mol. The van der Waals surface area contributed by atoms with Gasteiger partial charge in [-0.2, -0.15) is 0 Å². The third-order valence-electron chi connectivity index (χ3n) is 4.71. The smallest absolute Gasteiger partial charge is 0.319 e. The molecule has 152 valence electrons. The predicted octanol–water partition coefficient (Wildman–Crippen LogP) is 4.00. The summed E-state index contributed by atoms with van der Waals surface area (Å²) in [5.74, 6) is 1.31. The molecule has 2 N–H and O–H groups in total. The van der Waals surface area contributed by atoms with Gasteiger partial charge >= 0.3 is 6.03 Å². The number of para-hydroxylation sites is 1. The van der Waals surface area contributed by atoms with Crippen molar-refractivity contribution in [3.8, 4) is 5.75 Å². The summed E-state index contributed by atoms with van der Waals surface area (Å²) in [4.78, 5) is 14.7. The molecule has 1 fully saturated rings. The predicted molar refractivity (Wildman–Crippen MR) is 110 cm³/mol. The number of urea groups is 1. The number of carbonyl (C=O) groups is 1. The van der Waals surface area contributed by atoms with Gasteiger partial charge in [-0.05, 0) is 63.9 Å². The lowest BCUT2D eigenvalue weighted by Gasteiger charge is -2.30. The highest BCUT2D eigenvalue weighted by atomic mass is 35.5. The number of hydrogen-bond acceptors (Lipinski definition) is 4. The van der Waals surface area contributed by atoms with Crippen LogP contribution < -0.4 is 15.4 Å². The van der Waals surface area contributed by atoms with Crippen LogP contribution in [-0.2, 0) is 4.74 Å². The summed E-state index contributed by atoms with van der Waals surface area (Å²) in [6.07, 6.45) is 3.48. The lowest BCUT2D eigenvalue weighted by Crippen LogP contribution is -2.36. The van der Waals surface area contributed by atoms with Gasteiger partial charge in [0, 0.05) is 13.2 Å². The zero-order chi connectivity index (χ0) is 19.5. The van der Waals surface area contributed by atoms with Crippen molar-refractivity contribution in [2.24, 2.45) is 5.92 Å². The number of carbonyl (C=O) groups excluding carboxylic acids is 1. The number of nitrogens with one attached hydrogen (secondary N) is 2. The summed E-state index contributed by atoms with van der Waals surface area (Å²) in [5, 5.41) is 6.19. The molecule has 6 nitrogen and oxygen atoms in total. The van der Waals surface area contributed by atoms with Gasteiger partial charge in [-0.1, -0.05) is 24.6 Å². The Labute approximate surface area is 167 Å². The molecule has 1 aliphatic rings. The second-order valence-corrected chi connectivity index (χ2v) is 7.33. The van der Waals surface area contributed by atoms with E-state index in [-0.39, 0.29) is 6.03 Å². The van der Waals surface area contributed by atoms with E-state index in [0.29, 0.717) is 42.8 Å². The van der Waals surface area contributed by atoms with Crippen LogP contribution in [0.2, 0.25) is 5.02 Å². The minimum Gasteiger partial charge on any atom is -0.487 e. The number of halogens is 1. The number of hydrogen-bond donors (Lipinski definition) is 2. The molecule has 27 heavy (non-hydrogen) atoms. The van der Waals surface area contributed by atoms with Crippen molar-refractivity contribution in [2.45, 2.75) is 33.1 Å². The summed E-state index contributed by atoms with van der Waals surface area (Å²) < 4.78 is 10.9. The molecule has 0 unspecified atom stereocenters. The maximum Gasteiger partial charge on any atom is 0.319 e. The molecular formula is C20H32ClN3O3. The van der Waals surface area contributed by atoms with Gasteiger partial charge in [-0.25, -0.2) is 4.79 Å². The first-order valence-electron chi connectivity index (χ1n) is 9.86. The zero-order valence-electron chi connectivity index (χ0n) is 16.4. The van der Waals surface area contributed by atoms with Crippen LogP contribution in [-0.4, -0.2) is 56.9 Å². The van der Waals surface area contributed by atoms with E-state index in [2.05, 4.69) is 22.5 Å². The van der Waals surface area contributed by atoms with Crippen molar-refractivity contribution in [3.63, 3.8) is 0 Å². The number of ether oxygens (including phenoxy) is 2. The van der Waals surface area contributed by atoms with Crippen molar-refractivity contribution in [1.82, 2.24) is 10.2 Å². The number of piperidine rings is 1. The summed E-state index contributed by atoms with van der Waals surface area (Å²) >= 11 is 6.21. The maximum atomic E-state index is 12.2. The van der Waals surface area contributed by atoms with Gasteiger partial charge in [0.25, 0.3) is 0 Å². The third-order valence-corrected chi connectivity index (χ3v) is 5.00. The van der Waals surface area contributed by atoms with Crippen molar-refractivity contribution in [2.75, 3.05) is 51.3 Å². The Morgan fingerprint density at radius 1 is 1.30 bits per heavy atom. The fourth-order valence-electron chi connectivity index (χ4n) is 3.06. The van der Waals surface area contributed by atoms with Gasteiger partial charge in [-0.3, -0.25) is 0 Å². The number of rotatable bonds is 10. The van der Waals surface area contributed by atoms with Crippen LogP contribution in [0.15, 0.2) is 18.2 Å². The molecule has 1 aromatic rings. The van der Waals surface area contributed by atoms with E-state index in [9.17, 15) is 4.79 Å². The van der Waals surface area contributed by atoms with Gasteiger partial charge in [-0.15, -0.1) is 0 Å². The fourth-order valence-corrected chi connectivity index (χ4v) is 3.29. The Balaban J connectivity index is 1.72. The van der Waals surface area contributed by atoms with E-state index >= 15 is 0 Å². The van der Waals surface area contributed by atoms with E-state index in [1.807, 2.05) is 6.92 Å². The van der Waals surface area contributed by atoms with Crippen molar-refractivity contribution >= 4 is 23.3 Å². The fraction of sp³-hybridized carbons (Fsp3) is 0.650. The van der Waals surface area contributed by atoms with Gasteiger partial charge in [0.05, 0.1) is 17.3 Å². The number of nitrogens with zero attached hydrogens (tertiary/aromatic N) is 1. The lowest BCUT2D eigenvalue weighted by molar-refractivity contribution is 0.110. The highest BCUT2D eigenvalue weighted by Crippen LogP contribution is 2.32. The van der Waals surface area contributed by atoms with Crippen LogP contribution in [0.25, 0.3) is 0 Å². The molecule has 0 spiro atoms. The van der Waals surface area contributed by atoms with E-state index < -0.39 is 0 Å². The number of likely N-dealkylation sites (tertiary alicyclic amines) is 1. The highest BCUT2D eigenvalue weighted by Gasteiger charge is 2.15. The quantitative estimate of drug-likeness (QED) is 0.586. The van der Waals surface area contributed by atoms with Crippen LogP contribution in [0, 0.1) is 5.92 Å². The molecule has 1 heterocycles. The molecule has 2 amide bonds. The second-order valence-electron chi connectivity index (χ2n) is 6.92. The number of anilines is 1. The van der Waals surface area contributed by atoms with E-state index in [1.54, 1.807) is 18.2 Å². The monoisotopic (exact) mass is 397 g/mol. The largest absolute Gasteiger partial charge is 0.487 e. The molecule has 2 rings (SSSR count). The van der Waals surface area contributed by atoms with E-state index in [4.69, 9.17) is 21.1 Å². The summed E-state index contributed by atoms with van der Waals surface area (Å²) in [7, 11) is 0. The average molecular weight is 398 g/mol. The topological polar surface area (TPSA) is 62.8 Å². The van der Waals surface area contributed by atoms with Crippen LogP contribution in [0.5, 0.6) is 5.75 Å². The molecule has 0 aliphatic carbocycles. The summed E-state index contributed by atoms with van der Waals surface area (Å²) in [6.45, 7) is 9.72. The van der Waals surface area contributed by atoms with Crippen LogP contribution in [0.1, 0.15) is 33.1 Å². The summed E-state index contributed by atoms with van der Waals surface area (Å²) in [6, 6.07) is 5.04. The van der Waals surface area contributed by atoms with Gasteiger partial charge in [0.2, 0.25) is 0 Å².